The van der Waals surface area contributed by atoms with Crippen molar-refractivity contribution in [3.05, 3.63) is 29.3 Å². The highest BCUT2D eigenvalue weighted by molar-refractivity contribution is 5.75. The number of ether oxygens (including phenoxy) is 2. The molecule has 0 aliphatic rings. The van der Waals surface area contributed by atoms with Crippen LogP contribution in [0.3, 0.4) is 0 Å². The lowest BCUT2D eigenvalue weighted by atomic mass is 9.98. The fourth-order valence-corrected chi connectivity index (χ4v) is 1.61. The van der Waals surface area contributed by atoms with Crippen molar-refractivity contribution in [2.45, 2.75) is 13.3 Å². The first kappa shape index (κ1) is 13.0. The first-order valence-electron chi connectivity index (χ1n) is 5.23. The molecule has 0 bridgehead atoms. The second kappa shape index (κ2) is 5.90. The third kappa shape index (κ3) is 3.22. The van der Waals surface area contributed by atoms with Crippen molar-refractivity contribution in [2.75, 3.05) is 14.2 Å². The summed E-state index contributed by atoms with van der Waals surface area (Å²) in [7, 11) is 2.84. The van der Waals surface area contributed by atoms with E-state index < -0.39 is 11.9 Å². The van der Waals surface area contributed by atoms with Crippen molar-refractivity contribution >= 4 is 5.97 Å². The van der Waals surface area contributed by atoms with Crippen LogP contribution in [0.15, 0.2) is 18.2 Å². The van der Waals surface area contributed by atoms with Crippen molar-refractivity contribution in [1.82, 2.24) is 0 Å². The third-order valence-electron chi connectivity index (χ3n) is 2.50. The molecule has 0 radical (unpaired) electrons. The van der Waals surface area contributed by atoms with Gasteiger partial charge in [0.2, 0.25) is 0 Å². The standard InChI is InChI=1S/C13H15NO3/c1-9-4-5-12(16-2)10(6-9)7-11(8-14)13(15)17-3/h4-6,11H,7H2,1-3H3. The molecule has 0 fully saturated rings. The zero-order valence-corrected chi connectivity index (χ0v) is 10.2. The second-order valence-corrected chi connectivity index (χ2v) is 3.72. The fraction of sp³-hybridized carbons (Fsp3) is 0.385. The minimum atomic E-state index is -0.796. The van der Waals surface area contributed by atoms with E-state index in [1.54, 1.807) is 7.11 Å². The van der Waals surface area contributed by atoms with E-state index in [9.17, 15) is 4.79 Å². The molecule has 1 unspecified atom stereocenters. The summed E-state index contributed by atoms with van der Waals surface area (Å²) in [6.45, 7) is 1.95. The van der Waals surface area contributed by atoms with Gasteiger partial charge in [-0.15, -0.1) is 0 Å². The average molecular weight is 233 g/mol. The molecule has 0 amide bonds. The van der Waals surface area contributed by atoms with Crippen LogP contribution in [-0.4, -0.2) is 20.2 Å². The zero-order chi connectivity index (χ0) is 12.8. The first-order valence-corrected chi connectivity index (χ1v) is 5.23. The van der Waals surface area contributed by atoms with Crippen LogP contribution in [0.25, 0.3) is 0 Å². The van der Waals surface area contributed by atoms with Crippen molar-refractivity contribution in [3.8, 4) is 11.8 Å². The van der Waals surface area contributed by atoms with Gasteiger partial charge >= 0.3 is 5.97 Å². The van der Waals surface area contributed by atoms with E-state index in [-0.39, 0.29) is 0 Å². The van der Waals surface area contributed by atoms with Crippen LogP contribution in [0, 0.1) is 24.2 Å². The SMILES string of the molecule is COC(=O)C(C#N)Cc1cc(C)ccc1OC. The number of aryl methyl sites for hydroxylation is 1. The Labute approximate surface area is 101 Å². The van der Waals surface area contributed by atoms with Crippen LogP contribution >= 0.6 is 0 Å². The summed E-state index contributed by atoms with van der Waals surface area (Å²) in [4.78, 5) is 11.3. The Bertz CT molecular complexity index is 448. The topological polar surface area (TPSA) is 59.3 Å². The Morgan fingerprint density at radius 2 is 2.18 bits per heavy atom. The second-order valence-electron chi connectivity index (χ2n) is 3.72. The van der Waals surface area contributed by atoms with Gasteiger partial charge in [0.1, 0.15) is 11.7 Å². The highest BCUT2D eigenvalue weighted by Crippen LogP contribution is 2.23. The maximum absolute atomic E-state index is 11.3. The highest BCUT2D eigenvalue weighted by Gasteiger charge is 2.20. The summed E-state index contributed by atoms with van der Waals surface area (Å²) < 4.78 is 9.77. The summed E-state index contributed by atoms with van der Waals surface area (Å²) in [5.74, 6) is -0.633. The molecule has 1 atom stereocenters. The number of carbonyl (C=O) groups excluding carboxylic acids is 1. The van der Waals surface area contributed by atoms with Crippen LogP contribution in [0.5, 0.6) is 5.75 Å². The summed E-state index contributed by atoms with van der Waals surface area (Å²) in [5.41, 5.74) is 1.90. The number of hydrogen-bond acceptors (Lipinski definition) is 4. The number of hydrogen-bond donors (Lipinski definition) is 0. The van der Waals surface area contributed by atoms with Gasteiger partial charge in [-0.05, 0) is 18.6 Å². The molecule has 0 saturated carbocycles. The number of methoxy groups -OCH3 is 2. The van der Waals surface area contributed by atoms with Gasteiger partial charge in [0, 0.05) is 6.42 Å². The van der Waals surface area contributed by atoms with E-state index in [4.69, 9.17) is 10.00 Å². The monoisotopic (exact) mass is 233 g/mol. The van der Waals surface area contributed by atoms with Gasteiger partial charge in [0.25, 0.3) is 0 Å². The van der Waals surface area contributed by atoms with E-state index in [0.29, 0.717) is 12.2 Å². The third-order valence-corrected chi connectivity index (χ3v) is 2.50. The number of esters is 1. The van der Waals surface area contributed by atoms with E-state index >= 15 is 0 Å². The predicted octanol–water partition coefficient (Wildman–Crippen LogP) is 1.86. The van der Waals surface area contributed by atoms with E-state index in [0.717, 1.165) is 11.1 Å². The lowest BCUT2D eigenvalue weighted by Crippen LogP contribution is -2.17. The Morgan fingerprint density at radius 1 is 1.47 bits per heavy atom. The van der Waals surface area contributed by atoms with Crippen LogP contribution in [0.1, 0.15) is 11.1 Å². The van der Waals surface area contributed by atoms with Gasteiger partial charge in [-0.1, -0.05) is 17.7 Å². The Morgan fingerprint density at radius 3 is 2.71 bits per heavy atom. The Hall–Kier alpha value is -2.02. The number of carbonyl (C=O) groups is 1. The van der Waals surface area contributed by atoms with Crippen LogP contribution in [0.2, 0.25) is 0 Å². The molecule has 0 N–H and O–H groups in total. The van der Waals surface area contributed by atoms with Gasteiger partial charge in [0.15, 0.2) is 0 Å². The molecule has 0 heterocycles. The molecule has 1 aromatic rings. The molecular formula is C13H15NO3. The molecule has 1 rings (SSSR count). The maximum Gasteiger partial charge on any atom is 0.323 e. The summed E-state index contributed by atoms with van der Waals surface area (Å²) in [6, 6.07) is 7.60. The number of nitriles is 1. The normalized spacial score (nSPS) is 11.4. The molecule has 4 heteroatoms. The van der Waals surface area contributed by atoms with Gasteiger partial charge in [0.05, 0.1) is 20.3 Å². The van der Waals surface area contributed by atoms with Gasteiger partial charge in [-0.2, -0.15) is 5.26 Å². The van der Waals surface area contributed by atoms with E-state index in [1.807, 2.05) is 31.2 Å². The van der Waals surface area contributed by atoms with Crippen molar-refractivity contribution < 1.29 is 14.3 Å². The Balaban J connectivity index is 2.97. The van der Waals surface area contributed by atoms with Gasteiger partial charge < -0.3 is 9.47 Å². The molecule has 17 heavy (non-hydrogen) atoms. The molecule has 0 aromatic heterocycles. The van der Waals surface area contributed by atoms with Crippen molar-refractivity contribution in [1.29, 1.82) is 5.26 Å². The number of rotatable bonds is 4. The quantitative estimate of drug-likeness (QED) is 0.745. The molecule has 4 nitrogen and oxygen atoms in total. The molecular weight excluding hydrogens is 218 g/mol. The molecule has 1 aromatic carbocycles. The lowest BCUT2D eigenvalue weighted by molar-refractivity contribution is -0.143. The maximum atomic E-state index is 11.3. The predicted molar refractivity (Wildman–Crippen MR) is 62.6 cm³/mol. The van der Waals surface area contributed by atoms with E-state index in [1.165, 1.54) is 7.11 Å². The molecule has 0 saturated heterocycles. The summed E-state index contributed by atoms with van der Waals surface area (Å²) in [6.07, 6.45) is 0.300. The summed E-state index contributed by atoms with van der Waals surface area (Å²) in [5, 5.41) is 8.93. The Kier molecular flexibility index (Phi) is 4.53. The largest absolute Gasteiger partial charge is 0.496 e. The number of nitrogens with zero attached hydrogens (tertiary/aromatic N) is 1. The zero-order valence-electron chi connectivity index (χ0n) is 10.2. The van der Waals surface area contributed by atoms with Crippen molar-refractivity contribution in [2.24, 2.45) is 5.92 Å². The van der Waals surface area contributed by atoms with Crippen molar-refractivity contribution in [3.63, 3.8) is 0 Å². The lowest BCUT2D eigenvalue weighted by Gasteiger charge is -2.11. The molecule has 0 aliphatic carbocycles. The molecule has 90 valence electrons. The number of benzene rings is 1. The minimum Gasteiger partial charge on any atom is -0.496 e. The van der Waals surface area contributed by atoms with Gasteiger partial charge in [-0.25, -0.2) is 0 Å². The molecule has 0 spiro atoms. The van der Waals surface area contributed by atoms with Crippen LogP contribution in [-0.2, 0) is 16.0 Å². The van der Waals surface area contributed by atoms with Crippen LogP contribution in [0.4, 0.5) is 0 Å². The first-order chi connectivity index (χ1) is 8.12. The fourth-order valence-electron chi connectivity index (χ4n) is 1.61. The summed E-state index contributed by atoms with van der Waals surface area (Å²) >= 11 is 0. The van der Waals surface area contributed by atoms with Gasteiger partial charge in [-0.3, -0.25) is 4.79 Å². The average Bonchev–Trinajstić information content (AvgIpc) is 2.35. The van der Waals surface area contributed by atoms with Crippen LogP contribution < -0.4 is 4.74 Å². The molecule has 0 aliphatic heterocycles. The smallest absolute Gasteiger partial charge is 0.323 e. The minimum absolute atomic E-state index is 0.300. The van der Waals surface area contributed by atoms with E-state index in [2.05, 4.69) is 4.74 Å². The highest BCUT2D eigenvalue weighted by atomic mass is 16.5.